The molecule has 0 saturated carbocycles. The molecule has 0 aliphatic carbocycles. The van der Waals surface area contributed by atoms with E-state index in [1.807, 2.05) is 45.0 Å². The maximum Gasteiger partial charge on any atom is 0.269 e. The van der Waals surface area contributed by atoms with Crippen LogP contribution in [-0.4, -0.2) is 17.6 Å². The fraction of sp³-hybridized carbons (Fsp3) is 0.417. The van der Waals surface area contributed by atoms with E-state index in [1.54, 1.807) is 0 Å². The molecule has 1 unspecified atom stereocenters. The Morgan fingerprint density at radius 3 is 2.56 bits per heavy atom. The van der Waals surface area contributed by atoms with Gasteiger partial charge in [0.1, 0.15) is 0 Å². The highest BCUT2D eigenvalue weighted by molar-refractivity contribution is 6.31. The van der Waals surface area contributed by atoms with Gasteiger partial charge >= 0.3 is 0 Å². The summed E-state index contributed by atoms with van der Waals surface area (Å²) < 4.78 is 5.18. The quantitative estimate of drug-likeness (QED) is 0.824. The van der Waals surface area contributed by atoms with Crippen LogP contribution >= 0.6 is 11.6 Å². The van der Waals surface area contributed by atoms with Gasteiger partial charge < -0.3 is 10.1 Å². The molecule has 0 bridgehead atoms. The third-order valence-corrected chi connectivity index (χ3v) is 2.30. The van der Waals surface area contributed by atoms with Crippen LogP contribution in [0.1, 0.15) is 19.4 Å². The van der Waals surface area contributed by atoms with E-state index >= 15 is 0 Å². The van der Waals surface area contributed by atoms with Crippen LogP contribution in [0.3, 0.4) is 0 Å². The van der Waals surface area contributed by atoms with Crippen molar-refractivity contribution in [1.82, 2.24) is 0 Å². The normalized spacial score (nSPS) is 12.6. The zero-order valence-corrected chi connectivity index (χ0v) is 10.4. The van der Waals surface area contributed by atoms with Crippen LogP contribution in [0, 0.1) is 6.92 Å². The summed E-state index contributed by atoms with van der Waals surface area (Å²) in [6, 6.07) is 7.51. The lowest BCUT2D eigenvalue weighted by atomic mass is 10.2. The van der Waals surface area contributed by atoms with Gasteiger partial charge in [-0.25, -0.2) is 0 Å². The summed E-state index contributed by atoms with van der Waals surface area (Å²) >= 11 is 5.79. The highest BCUT2D eigenvalue weighted by Crippen LogP contribution is 2.15. The molecule has 0 saturated heterocycles. The highest BCUT2D eigenvalue weighted by atomic mass is 35.5. The molecule has 0 heterocycles. The minimum atomic E-state index is -0.959. The largest absolute Gasteiger partial charge is 0.351 e. The number of alkyl halides is 1. The van der Waals surface area contributed by atoms with Crippen molar-refractivity contribution in [3.05, 3.63) is 29.8 Å². The molecule has 3 nitrogen and oxygen atoms in total. The van der Waals surface area contributed by atoms with Gasteiger partial charge in [0.25, 0.3) is 5.91 Å². The lowest BCUT2D eigenvalue weighted by molar-refractivity contribution is -0.124. The summed E-state index contributed by atoms with van der Waals surface area (Å²) in [7, 11) is 0. The molecule has 88 valence electrons. The van der Waals surface area contributed by atoms with Gasteiger partial charge in [-0.1, -0.05) is 29.8 Å². The Morgan fingerprint density at radius 1 is 1.38 bits per heavy atom. The summed E-state index contributed by atoms with van der Waals surface area (Å²) in [5.74, 6) is -0.343. The first-order valence-corrected chi connectivity index (χ1v) is 5.60. The van der Waals surface area contributed by atoms with E-state index in [0.717, 1.165) is 11.3 Å². The van der Waals surface area contributed by atoms with E-state index in [4.69, 9.17) is 16.3 Å². The predicted molar refractivity (Wildman–Crippen MR) is 65.7 cm³/mol. The van der Waals surface area contributed by atoms with E-state index in [0.29, 0.717) is 0 Å². The SMILES string of the molecule is Cc1ccccc1NC(=O)C(Cl)OC(C)C. The number of halogens is 1. The molecular formula is C12H16ClNO2. The topological polar surface area (TPSA) is 38.3 Å². The van der Waals surface area contributed by atoms with Crippen molar-refractivity contribution in [2.75, 3.05) is 5.32 Å². The molecule has 1 amide bonds. The van der Waals surface area contributed by atoms with E-state index in [2.05, 4.69) is 5.32 Å². The lowest BCUT2D eigenvalue weighted by Crippen LogP contribution is -2.28. The van der Waals surface area contributed by atoms with E-state index < -0.39 is 5.56 Å². The summed E-state index contributed by atoms with van der Waals surface area (Å²) in [5, 5.41) is 2.72. The Bertz CT molecular complexity index is 366. The van der Waals surface area contributed by atoms with Crippen LogP contribution in [0.5, 0.6) is 0 Å². The third-order valence-electron chi connectivity index (χ3n) is 2.00. The summed E-state index contributed by atoms with van der Waals surface area (Å²) in [6.07, 6.45) is -0.0786. The minimum Gasteiger partial charge on any atom is -0.351 e. The molecule has 1 aromatic rings. The van der Waals surface area contributed by atoms with E-state index in [-0.39, 0.29) is 12.0 Å². The number of hydrogen-bond acceptors (Lipinski definition) is 2. The first-order chi connectivity index (χ1) is 7.50. The molecule has 1 atom stereocenters. The van der Waals surface area contributed by atoms with E-state index in [1.165, 1.54) is 0 Å². The second-order valence-electron chi connectivity index (χ2n) is 3.81. The van der Waals surface area contributed by atoms with Gasteiger partial charge in [0, 0.05) is 5.69 Å². The average molecular weight is 242 g/mol. The first kappa shape index (κ1) is 13.0. The number of anilines is 1. The highest BCUT2D eigenvalue weighted by Gasteiger charge is 2.17. The zero-order valence-electron chi connectivity index (χ0n) is 9.66. The van der Waals surface area contributed by atoms with Crippen molar-refractivity contribution in [2.24, 2.45) is 0 Å². The second-order valence-corrected chi connectivity index (χ2v) is 4.20. The van der Waals surface area contributed by atoms with Gasteiger partial charge in [-0.3, -0.25) is 4.79 Å². The summed E-state index contributed by atoms with van der Waals surface area (Å²) in [6.45, 7) is 5.58. The third kappa shape index (κ3) is 3.83. The number of carbonyl (C=O) groups is 1. The Balaban J connectivity index is 2.61. The molecule has 0 radical (unpaired) electrons. The van der Waals surface area contributed by atoms with Crippen molar-refractivity contribution in [2.45, 2.75) is 32.4 Å². The number of benzene rings is 1. The maximum atomic E-state index is 11.6. The minimum absolute atomic E-state index is 0.0786. The number of nitrogens with one attached hydrogen (secondary N) is 1. The first-order valence-electron chi connectivity index (χ1n) is 5.16. The molecule has 4 heteroatoms. The Labute approximate surface area is 101 Å². The van der Waals surface area contributed by atoms with E-state index in [9.17, 15) is 4.79 Å². The molecular weight excluding hydrogens is 226 g/mol. The van der Waals surface area contributed by atoms with Crippen molar-refractivity contribution in [3.63, 3.8) is 0 Å². The van der Waals surface area contributed by atoms with Gasteiger partial charge in [0.05, 0.1) is 6.10 Å². The molecule has 1 aromatic carbocycles. The molecule has 0 spiro atoms. The Hall–Kier alpha value is -1.06. The molecule has 0 aromatic heterocycles. The molecule has 0 aliphatic heterocycles. The maximum absolute atomic E-state index is 11.6. The van der Waals surface area contributed by atoms with Crippen LogP contribution in [0.25, 0.3) is 0 Å². The monoisotopic (exact) mass is 241 g/mol. The molecule has 1 N–H and O–H groups in total. The van der Waals surface area contributed by atoms with Gasteiger partial charge in [-0.15, -0.1) is 0 Å². The molecule has 0 fully saturated rings. The fourth-order valence-corrected chi connectivity index (χ4v) is 1.46. The molecule has 16 heavy (non-hydrogen) atoms. The number of aryl methyl sites for hydroxylation is 1. The fourth-order valence-electron chi connectivity index (χ4n) is 1.20. The van der Waals surface area contributed by atoms with Crippen LogP contribution in [-0.2, 0) is 9.53 Å². The van der Waals surface area contributed by atoms with Gasteiger partial charge in [0.15, 0.2) is 0 Å². The standard InChI is InChI=1S/C12H16ClNO2/c1-8(2)16-11(13)12(15)14-10-7-5-4-6-9(10)3/h4-8,11H,1-3H3,(H,14,15). The smallest absolute Gasteiger partial charge is 0.269 e. The molecule has 1 rings (SSSR count). The van der Waals surface area contributed by atoms with Crippen molar-refractivity contribution >= 4 is 23.2 Å². The van der Waals surface area contributed by atoms with Crippen LogP contribution in [0.15, 0.2) is 24.3 Å². The predicted octanol–water partition coefficient (Wildman–Crippen LogP) is 2.92. The van der Waals surface area contributed by atoms with Crippen molar-refractivity contribution in [1.29, 1.82) is 0 Å². The number of carbonyl (C=O) groups excluding carboxylic acids is 1. The van der Waals surface area contributed by atoms with Gasteiger partial charge in [-0.2, -0.15) is 0 Å². The summed E-state index contributed by atoms with van der Waals surface area (Å²) in [5.41, 5.74) is 0.786. The second kappa shape index (κ2) is 5.87. The molecule has 0 aliphatic rings. The Kier molecular flexibility index (Phi) is 4.77. The zero-order chi connectivity index (χ0) is 12.1. The van der Waals surface area contributed by atoms with Crippen molar-refractivity contribution < 1.29 is 9.53 Å². The Morgan fingerprint density at radius 2 is 2.00 bits per heavy atom. The lowest BCUT2D eigenvalue weighted by Gasteiger charge is -2.14. The van der Waals surface area contributed by atoms with Crippen LogP contribution in [0.4, 0.5) is 5.69 Å². The number of para-hydroxylation sites is 1. The van der Waals surface area contributed by atoms with Crippen LogP contribution in [0.2, 0.25) is 0 Å². The number of rotatable bonds is 4. The van der Waals surface area contributed by atoms with Gasteiger partial charge in [0.2, 0.25) is 5.56 Å². The number of ether oxygens (including phenoxy) is 1. The van der Waals surface area contributed by atoms with Crippen molar-refractivity contribution in [3.8, 4) is 0 Å². The number of amides is 1. The average Bonchev–Trinajstić information content (AvgIpc) is 2.20. The summed E-state index contributed by atoms with van der Waals surface area (Å²) in [4.78, 5) is 11.6. The van der Waals surface area contributed by atoms with Gasteiger partial charge in [-0.05, 0) is 32.4 Å². The van der Waals surface area contributed by atoms with Crippen LogP contribution < -0.4 is 5.32 Å². The number of hydrogen-bond donors (Lipinski definition) is 1.